The third-order valence-electron chi connectivity index (χ3n) is 2.41. The molecule has 0 bridgehead atoms. The highest BCUT2D eigenvalue weighted by Crippen LogP contribution is 2.20. The molecule has 1 aliphatic heterocycles. The molecule has 13 heavy (non-hydrogen) atoms. The number of rotatable bonds is 2. The number of methoxy groups -OCH3 is 1. The highest BCUT2D eigenvalue weighted by atomic mass is 16.7. The van der Waals surface area contributed by atoms with Gasteiger partial charge in [0.1, 0.15) is 6.10 Å². The molecule has 0 aromatic rings. The highest BCUT2D eigenvalue weighted by Gasteiger charge is 2.41. The van der Waals surface area contributed by atoms with Gasteiger partial charge in [0.25, 0.3) is 0 Å². The summed E-state index contributed by atoms with van der Waals surface area (Å²) in [5.74, 6) is 0. The van der Waals surface area contributed by atoms with E-state index in [-0.39, 0.29) is 6.10 Å². The van der Waals surface area contributed by atoms with E-state index in [9.17, 15) is 10.2 Å². The van der Waals surface area contributed by atoms with Crippen molar-refractivity contribution in [2.75, 3.05) is 14.2 Å². The van der Waals surface area contributed by atoms with Gasteiger partial charge >= 0.3 is 0 Å². The summed E-state index contributed by atoms with van der Waals surface area (Å²) >= 11 is 0. The Hall–Kier alpha value is -0.200. The Bertz CT molecular complexity index is 166. The molecule has 1 fully saturated rings. The summed E-state index contributed by atoms with van der Waals surface area (Å²) in [5.41, 5.74) is 0. The standard InChI is InChI=1S/C8H17NO4/c1-4-6(10)5(9-2)7(11)8(12-3)13-4/h4-11H,1-3H3. The SMILES string of the molecule is CNC1C(O)C(C)OC(OC)C1O. The van der Waals surface area contributed by atoms with Crippen LogP contribution < -0.4 is 5.32 Å². The zero-order valence-corrected chi connectivity index (χ0v) is 8.10. The minimum atomic E-state index is -0.846. The fourth-order valence-electron chi connectivity index (χ4n) is 1.57. The molecule has 78 valence electrons. The van der Waals surface area contributed by atoms with E-state index >= 15 is 0 Å². The molecule has 5 atom stereocenters. The molecule has 1 heterocycles. The van der Waals surface area contributed by atoms with Crippen LogP contribution in [0.1, 0.15) is 6.92 Å². The van der Waals surface area contributed by atoms with E-state index in [1.807, 2.05) is 0 Å². The van der Waals surface area contributed by atoms with Crippen LogP contribution in [0.4, 0.5) is 0 Å². The van der Waals surface area contributed by atoms with Crippen LogP contribution in [0.25, 0.3) is 0 Å². The van der Waals surface area contributed by atoms with E-state index in [1.165, 1.54) is 7.11 Å². The minimum Gasteiger partial charge on any atom is -0.389 e. The average Bonchev–Trinajstić information content (AvgIpc) is 2.12. The molecule has 5 heteroatoms. The molecule has 0 aliphatic carbocycles. The second-order valence-corrected chi connectivity index (χ2v) is 3.24. The van der Waals surface area contributed by atoms with Crippen LogP contribution in [-0.2, 0) is 9.47 Å². The molecule has 1 aliphatic rings. The lowest BCUT2D eigenvalue weighted by Gasteiger charge is -2.40. The molecule has 0 aromatic carbocycles. The molecule has 0 aromatic heterocycles. The lowest BCUT2D eigenvalue weighted by Crippen LogP contribution is -2.61. The number of hydrogen-bond donors (Lipinski definition) is 3. The van der Waals surface area contributed by atoms with Crippen molar-refractivity contribution in [3.05, 3.63) is 0 Å². The molecule has 0 amide bonds. The van der Waals surface area contributed by atoms with Crippen molar-refractivity contribution >= 4 is 0 Å². The first-order chi connectivity index (χ1) is 6.11. The fraction of sp³-hybridized carbons (Fsp3) is 1.00. The lowest BCUT2D eigenvalue weighted by molar-refractivity contribution is -0.261. The van der Waals surface area contributed by atoms with E-state index in [0.29, 0.717) is 0 Å². The molecule has 0 saturated carbocycles. The summed E-state index contributed by atoms with van der Waals surface area (Å²) in [6.45, 7) is 1.74. The first-order valence-corrected chi connectivity index (χ1v) is 4.33. The third-order valence-corrected chi connectivity index (χ3v) is 2.41. The number of likely N-dealkylation sites (N-methyl/N-ethyl adjacent to an activating group) is 1. The van der Waals surface area contributed by atoms with Gasteiger partial charge in [0.15, 0.2) is 6.29 Å². The molecule has 0 spiro atoms. The van der Waals surface area contributed by atoms with Crippen molar-refractivity contribution in [3.8, 4) is 0 Å². The summed E-state index contributed by atoms with van der Waals surface area (Å²) in [5, 5.41) is 22.1. The monoisotopic (exact) mass is 191 g/mol. The molecule has 5 unspecified atom stereocenters. The lowest BCUT2D eigenvalue weighted by atomic mass is 9.97. The van der Waals surface area contributed by atoms with E-state index in [1.54, 1.807) is 14.0 Å². The van der Waals surface area contributed by atoms with Crippen LogP contribution in [0.3, 0.4) is 0 Å². The first-order valence-electron chi connectivity index (χ1n) is 4.33. The van der Waals surface area contributed by atoms with Crippen LogP contribution >= 0.6 is 0 Å². The van der Waals surface area contributed by atoms with Crippen LogP contribution in [0.2, 0.25) is 0 Å². The van der Waals surface area contributed by atoms with Crippen molar-refractivity contribution < 1.29 is 19.7 Å². The van der Waals surface area contributed by atoms with Gasteiger partial charge in [-0.2, -0.15) is 0 Å². The topological polar surface area (TPSA) is 71.0 Å². The Morgan fingerprint density at radius 1 is 1.31 bits per heavy atom. The van der Waals surface area contributed by atoms with Gasteiger partial charge in [-0.3, -0.25) is 0 Å². The van der Waals surface area contributed by atoms with Crippen LogP contribution in [0.5, 0.6) is 0 Å². The van der Waals surface area contributed by atoms with Crippen molar-refractivity contribution in [1.82, 2.24) is 5.32 Å². The molecule has 1 rings (SSSR count). The zero-order valence-electron chi connectivity index (χ0n) is 8.10. The normalized spacial score (nSPS) is 46.4. The van der Waals surface area contributed by atoms with Crippen LogP contribution in [0, 0.1) is 0 Å². The number of ether oxygens (including phenoxy) is 2. The highest BCUT2D eigenvalue weighted by molar-refractivity contribution is 4.91. The molecular weight excluding hydrogens is 174 g/mol. The fourth-order valence-corrected chi connectivity index (χ4v) is 1.57. The maximum atomic E-state index is 9.64. The van der Waals surface area contributed by atoms with Crippen molar-refractivity contribution in [3.63, 3.8) is 0 Å². The molecule has 1 saturated heterocycles. The second kappa shape index (κ2) is 4.34. The van der Waals surface area contributed by atoms with E-state index in [4.69, 9.17) is 9.47 Å². The molecular formula is C8H17NO4. The zero-order chi connectivity index (χ0) is 10.0. The van der Waals surface area contributed by atoms with Gasteiger partial charge in [0.05, 0.1) is 18.2 Å². The van der Waals surface area contributed by atoms with Gasteiger partial charge in [-0.25, -0.2) is 0 Å². The smallest absolute Gasteiger partial charge is 0.185 e. The van der Waals surface area contributed by atoms with Crippen molar-refractivity contribution in [2.24, 2.45) is 0 Å². The summed E-state index contributed by atoms with van der Waals surface area (Å²) in [7, 11) is 3.15. The predicted octanol–water partition coefficient (Wildman–Crippen LogP) is -1.31. The quantitative estimate of drug-likeness (QED) is 0.505. The average molecular weight is 191 g/mol. The van der Waals surface area contributed by atoms with Crippen LogP contribution in [-0.4, -0.2) is 55.0 Å². The molecule has 3 N–H and O–H groups in total. The van der Waals surface area contributed by atoms with Crippen LogP contribution in [0.15, 0.2) is 0 Å². The van der Waals surface area contributed by atoms with Crippen molar-refractivity contribution in [1.29, 1.82) is 0 Å². The summed E-state index contributed by atoms with van der Waals surface area (Å²) < 4.78 is 10.2. The van der Waals surface area contributed by atoms with Gasteiger partial charge in [-0.15, -0.1) is 0 Å². The summed E-state index contributed by atoms with van der Waals surface area (Å²) in [4.78, 5) is 0. The maximum Gasteiger partial charge on any atom is 0.185 e. The predicted molar refractivity (Wildman–Crippen MR) is 46.2 cm³/mol. The third kappa shape index (κ3) is 2.00. The first kappa shape index (κ1) is 10.9. The Morgan fingerprint density at radius 3 is 2.38 bits per heavy atom. The number of nitrogens with one attached hydrogen (secondary N) is 1. The number of aliphatic hydroxyl groups is 2. The molecule has 5 nitrogen and oxygen atoms in total. The Morgan fingerprint density at radius 2 is 1.92 bits per heavy atom. The van der Waals surface area contributed by atoms with Gasteiger partial charge < -0.3 is 25.0 Å². The largest absolute Gasteiger partial charge is 0.389 e. The maximum absolute atomic E-state index is 9.64. The van der Waals surface area contributed by atoms with Crippen molar-refractivity contribution in [2.45, 2.75) is 37.6 Å². The minimum absolute atomic E-state index is 0.342. The number of hydrogen-bond acceptors (Lipinski definition) is 5. The van der Waals surface area contributed by atoms with Gasteiger partial charge in [0.2, 0.25) is 0 Å². The molecule has 0 radical (unpaired) electrons. The summed E-state index contributed by atoms with van der Waals surface area (Å²) in [6.07, 6.45) is -2.57. The van der Waals surface area contributed by atoms with Gasteiger partial charge in [-0.1, -0.05) is 0 Å². The Labute approximate surface area is 77.7 Å². The van der Waals surface area contributed by atoms with E-state index in [0.717, 1.165) is 0 Å². The number of aliphatic hydroxyl groups excluding tert-OH is 2. The summed E-state index contributed by atoms with van der Waals surface area (Å²) in [6, 6.07) is -0.409. The Balaban J connectivity index is 2.69. The second-order valence-electron chi connectivity index (χ2n) is 3.24. The van der Waals surface area contributed by atoms with E-state index in [2.05, 4.69) is 5.32 Å². The van der Waals surface area contributed by atoms with Gasteiger partial charge in [-0.05, 0) is 14.0 Å². The van der Waals surface area contributed by atoms with Gasteiger partial charge in [0, 0.05) is 7.11 Å². The Kier molecular flexibility index (Phi) is 3.63. The van der Waals surface area contributed by atoms with E-state index < -0.39 is 24.5 Å².